The molecule has 0 aromatic heterocycles. The second kappa shape index (κ2) is 6.82. The molecule has 0 bridgehead atoms. The molecule has 0 aliphatic heterocycles. The predicted molar refractivity (Wildman–Crippen MR) is 70.9 cm³/mol. The summed E-state index contributed by atoms with van der Waals surface area (Å²) in [4.78, 5) is 10.1. The number of benzene rings is 1. The van der Waals surface area contributed by atoms with Crippen LogP contribution in [-0.4, -0.2) is 24.1 Å². The highest BCUT2D eigenvalue weighted by atomic mass is 19.1. The third kappa shape index (κ3) is 3.90. The van der Waals surface area contributed by atoms with Crippen molar-refractivity contribution >= 4 is 5.69 Å². The van der Waals surface area contributed by atoms with E-state index in [-0.39, 0.29) is 12.4 Å². The van der Waals surface area contributed by atoms with Crippen molar-refractivity contribution in [3.63, 3.8) is 0 Å². The fraction of sp³-hybridized carbons (Fsp3) is 0.462. The van der Waals surface area contributed by atoms with Gasteiger partial charge in [0, 0.05) is 6.07 Å². The summed E-state index contributed by atoms with van der Waals surface area (Å²) in [7, 11) is 1.67. The second-order valence-electron chi connectivity index (χ2n) is 4.49. The van der Waals surface area contributed by atoms with E-state index in [4.69, 9.17) is 10.00 Å². The van der Waals surface area contributed by atoms with Gasteiger partial charge in [0.15, 0.2) is 5.82 Å². The molecule has 7 heteroatoms. The Kier molecular flexibility index (Phi) is 5.41. The molecule has 0 saturated carbocycles. The van der Waals surface area contributed by atoms with Crippen molar-refractivity contribution in [1.29, 1.82) is 5.26 Å². The number of ether oxygens (including phenoxy) is 1. The summed E-state index contributed by atoms with van der Waals surface area (Å²) in [6, 6.07) is 5.67. The molecule has 1 N–H and O–H groups in total. The van der Waals surface area contributed by atoms with Crippen LogP contribution in [0.4, 0.5) is 10.1 Å². The highest BCUT2D eigenvalue weighted by Gasteiger charge is 2.22. The third-order valence-corrected chi connectivity index (χ3v) is 3.01. The van der Waals surface area contributed by atoms with E-state index in [9.17, 15) is 14.5 Å². The average molecular weight is 281 g/mol. The minimum Gasteiger partial charge on any atom is -0.485 e. The molecule has 108 valence electrons. The lowest BCUT2D eigenvalue weighted by Gasteiger charge is -2.20. The first-order valence-corrected chi connectivity index (χ1v) is 6.09. The van der Waals surface area contributed by atoms with Gasteiger partial charge in [-0.2, -0.15) is 5.26 Å². The molecular formula is C13H16FN3O3. The zero-order valence-electron chi connectivity index (χ0n) is 11.4. The van der Waals surface area contributed by atoms with Gasteiger partial charge in [-0.15, -0.1) is 0 Å². The summed E-state index contributed by atoms with van der Waals surface area (Å²) in [5.41, 5.74) is -1.09. The summed E-state index contributed by atoms with van der Waals surface area (Å²) in [6.45, 7) is 1.83. The lowest BCUT2D eigenvalue weighted by atomic mass is 9.98. The fourth-order valence-corrected chi connectivity index (χ4v) is 1.62. The van der Waals surface area contributed by atoms with Crippen molar-refractivity contribution in [3.8, 4) is 11.8 Å². The highest BCUT2D eigenvalue weighted by Crippen LogP contribution is 2.29. The number of nitrogens with zero attached hydrogens (tertiary/aromatic N) is 2. The SMILES string of the molecule is CNC(C)(C#N)CCCOc1c(F)cccc1[N+](=O)[O-]. The lowest BCUT2D eigenvalue weighted by Crippen LogP contribution is -2.38. The van der Waals surface area contributed by atoms with Crippen molar-refractivity contribution in [1.82, 2.24) is 5.32 Å². The molecule has 0 amide bonds. The van der Waals surface area contributed by atoms with Crippen molar-refractivity contribution in [3.05, 3.63) is 34.1 Å². The smallest absolute Gasteiger partial charge is 0.314 e. The van der Waals surface area contributed by atoms with Crippen LogP contribution in [0.5, 0.6) is 5.75 Å². The van der Waals surface area contributed by atoms with Crippen molar-refractivity contribution < 1.29 is 14.1 Å². The molecule has 0 aliphatic carbocycles. The number of rotatable bonds is 7. The number of nitro benzene ring substituents is 1. The van der Waals surface area contributed by atoms with E-state index in [0.717, 1.165) is 6.07 Å². The number of nitro groups is 1. The van der Waals surface area contributed by atoms with Crippen LogP contribution in [0.15, 0.2) is 18.2 Å². The van der Waals surface area contributed by atoms with Gasteiger partial charge in [-0.05, 0) is 32.9 Å². The number of nitrogens with one attached hydrogen (secondary N) is 1. The van der Waals surface area contributed by atoms with Crippen LogP contribution in [0.3, 0.4) is 0 Å². The topological polar surface area (TPSA) is 88.2 Å². The van der Waals surface area contributed by atoms with Crippen molar-refractivity contribution in [2.75, 3.05) is 13.7 Å². The Morgan fingerprint density at radius 3 is 2.85 bits per heavy atom. The van der Waals surface area contributed by atoms with E-state index >= 15 is 0 Å². The maximum atomic E-state index is 13.5. The number of hydrogen-bond acceptors (Lipinski definition) is 5. The first kappa shape index (κ1) is 15.9. The zero-order valence-corrected chi connectivity index (χ0v) is 11.4. The molecule has 0 aliphatic rings. The Morgan fingerprint density at radius 2 is 2.30 bits per heavy atom. The van der Waals surface area contributed by atoms with Crippen molar-refractivity contribution in [2.45, 2.75) is 25.3 Å². The van der Waals surface area contributed by atoms with Gasteiger partial charge in [0.2, 0.25) is 5.75 Å². The van der Waals surface area contributed by atoms with Crippen molar-refractivity contribution in [2.24, 2.45) is 0 Å². The summed E-state index contributed by atoms with van der Waals surface area (Å²) in [5, 5.41) is 22.6. The quantitative estimate of drug-likeness (QED) is 0.471. The van der Waals surface area contributed by atoms with Crippen LogP contribution >= 0.6 is 0 Å². The Hall–Kier alpha value is -2.20. The van der Waals surface area contributed by atoms with E-state index in [1.54, 1.807) is 14.0 Å². The Labute approximate surface area is 116 Å². The van der Waals surface area contributed by atoms with Gasteiger partial charge in [-0.3, -0.25) is 10.1 Å². The molecule has 1 atom stereocenters. The molecule has 1 rings (SSSR count). The predicted octanol–water partition coefficient (Wildman–Crippen LogP) is 2.39. The molecule has 20 heavy (non-hydrogen) atoms. The Balaban J connectivity index is 2.64. The lowest BCUT2D eigenvalue weighted by molar-refractivity contribution is -0.386. The molecule has 0 spiro atoms. The standard InChI is InChI=1S/C13H16FN3O3/c1-13(9-15,16-2)7-4-8-20-12-10(14)5-3-6-11(12)17(18)19/h3,5-6,16H,4,7-8H2,1-2H3. The molecule has 1 unspecified atom stereocenters. The van der Waals surface area contributed by atoms with E-state index in [2.05, 4.69) is 11.4 Å². The maximum Gasteiger partial charge on any atom is 0.314 e. The van der Waals surface area contributed by atoms with Crippen LogP contribution in [0.25, 0.3) is 0 Å². The Morgan fingerprint density at radius 1 is 1.60 bits per heavy atom. The zero-order chi connectivity index (χ0) is 15.2. The van der Waals surface area contributed by atoms with Gasteiger partial charge in [0.25, 0.3) is 0 Å². The molecular weight excluding hydrogens is 265 g/mol. The molecule has 0 fully saturated rings. The van der Waals surface area contributed by atoms with Crippen LogP contribution in [-0.2, 0) is 0 Å². The van der Waals surface area contributed by atoms with Crippen LogP contribution in [0.2, 0.25) is 0 Å². The van der Waals surface area contributed by atoms with Gasteiger partial charge >= 0.3 is 5.69 Å². The summed E-state index contributed by atoms with van der Waals surface area (Å²) in [5.74, 6) is -1.13. The average Bonchev–Trinajstić information content (AvgIpc) is 2.44. The van der Waals surface area contributed by atoms with Gasteiger partial charge < -0.3 is 10.1 Å². The van der Waals surface area contributed by atoms with E-state index in [1.807, 2.05) is 0 Å². The van der Waals surface area contributed by atoms with Crippen LogP contribution in [0, 0.1) is 27.3 Å². The summed E-state index contributed by atoms with van der Waals surface area (Å²) >= 11 is 0. The van der Waals surface area contributed by atoms with E-state index in [1.165, 1.54) is 12.1 Å². The first-order valence-electron chi connectivity index (χ1n) is 6.09. The normalized spacial score (nSPS) is 13.3. The van der Waals surface area contributed by atoms with Crippen LogP contribution in [0.1, 0.15) is 19.8 Å². The van der Waals surface area contributed by atoms with Gasteiger partial charge in [-0.25, -0.2) is 4.39 Å². The van der Waals surface area contributed by atoms with Gasteiger partial charge in [-0.1, -0.05) is 6.07 Å². The van der Waals surface area contributed by atoms with Crippen LogP contribution < -0.4 is 10.1 Å². The molecule has 1 aromatic rings. The van der Waals surface area contributed by atoms with Gasteiger partial charge in [0.05, 0.1) is 17.6 Å². The number of nitriles is 1. The molecule has 1 aromatic carbocycles. The largest absolute Gasteiger partial charge is 0.485 e. The molecule has 0 radical (unpaired) electrons. The van der Waals surface area contributed by atoms with Gasteiger partial charge in [0.1, 0.15) is 5.54 Å². The number of para-hydroxylation sites is 1. The van der Waals surface area contributed by atoms with E-state index in [0.29, 0.717) is 12.8 Å². The molecule has 0 saturated heterocycles. The second-order valence-corrected chi connectivity index (χ2v) is 4.49. The minimum atomic E-state index is -0.768. The minimum absolute atomic E-state index is 0.0979. The number of hydrogen-bond donors (Lipinski definition) is 1. The Bertz CT molecular complexity index is 530. The maximum absolute atomic E-state index is 13.5. The third-order valence-electron chi connectivity index (χ3n) is 3.01. The highest BCUT2D eigenvalue weighted by molar-refractivity contribution is 5.46. The molecule has 0 heterocycles. The number of halogens is 1. The fourth-order valence-electron chi connectivity index (χ4n) is 1.62. The first-order chi connectivity index (χ1) is 9.43. The molecule has 6 nitrogen and oxygen atoms in total. The van der Waals surface area contributed by atoms with E-state index < -0.39 is 22.0 Å². The summed E-state index contributed by atoms with van der Waals surface area (Å²) in [6.07, 6.45) is 0.957. The monoisotopic (exact) mass is 281 g/mol. The summed E-state index contributed by atoms with van der Waals surface area (Å²) < 4.78 is 18.7.